The number of rotatable bonds is 2. The summed E-state index contributed by atoms with van der Waals surface area (Å²) in [4.78, 5) is 39.9. The molecule has 0 saturated heterocycles. The van der Waals surface area contributed by atoms with Crippen LogP contribution in [-0.4, -0.2) is 62.9 Å². The third-order valence-corrected chi connectivity index (χ3v) is 6.87. The van der Waals surface area contributed by atoms with Gasteiger partial charge in [-0.15, -0.1) is 0 Å². The smallest absolute Gasteiger partial charge is 0.255 e. The van der Waals surface area contributed by atoms with E-state index in [0.29, 0.717) is 0 Å². The zero-order valence-electron chi connectivity index (χ0n) is 17.3. The number of phenolic OH excluding ortho intramolecular Hbond substituents is 1. The predicted octanol–water partition coefficient (Wildman–Crippen LogP) is 0.671. The number of primary amides is 1. The van der Waals surface area contributed by atoms with Gasteiger partial charge < -0.3 is 26.2 Å². The van der Waals surface area contributed by atoms with E-state index in [-0.39, 0.29) is 28.9 Å². The maximum atomic E-state index is 13.3. The van der Waals surface area contributed by atoms with Crippen molar-refractivity contribution in [3.8, 4) is 5.75 Å². The van der Waals surface area contributed by atoms with Crippen molar-refractivity contribution in [2.24, 2.45) is 23.5 Å². The van der Waals surface area contributed by atoms with Crippen molar-refractivity contribution in [2.45, 2.75) is 25.0 Å². The Balaban J connectivity index is 1.99. The summed E-state index contributed by atoms with van der Waals surface area (Å²) in [5.41, 5.74) is 3.00. The number of phenols is 1. The van der Waals surface area contributed by atoms with Crippen LogP contribution in [0.25, 0.3) is 0 Å². The van der Waals surface area contributed by atoms with Crippen LogP contribution in [0, 0.1) is 17.8 Å². The molecule has 0 heterocycles. The fourth-order valence-corrected chi connectivity index (χ4v) is 5.52. The largest absolute Gasteiger partial charge is 0.511 e. The number of likely N-dealkylation sites (N-methyl/N-ethyl adjacent to an activating group) is 1. The average Bonchev–Trinajstić information content (AvgIpc) is 2.65. The van der Waals surface area contributed by atoms with Gasteiger partial charge in [0.1, 0.15) is 22.8 Å². The number of nitrogens with zero attached hydrogens (tertiary/aromatic N) is 1. The third-order valence-electron chi connectivity index (χ3n) is 6.87. The maximum absolute atomic E-state index is 13.3. The number of aromatic hydroxyl groups is 1. The summed E-state index contributed by atoms with van der Waals surface area (Å²) < 4.78 is 0. The van der Waals surface area contributed by atoms with Crippen LogP contribution >= 0.6 is 0 Å². The number of carbonyl (C=O) groups excluding carboxylic acids is 3. The Morgan fingerprint density at radius 3 is 2.39 bits per heavy atom. The van der Waals surface area contributed by atoms with Crippen molar-refractivity contribution in [1.29, 1.82) is 0 Å². The van der Waals surface area contributed by atoms with Crippen LogP contribution in [0.5, 0.6) is 5.75 Å². The van der Waals surface area contributed by atoms with Gasteiger partial charge in [-0.05, 0) is 45.0 Å². The van der Waals surface area contributed by atoms with Gasteiger partial charge >= 0.3 is 0 Å². The minimum absolute atomic E-state index is 0.0720. The molecule has 9 heteroatoms. The highest BCUT2D eigenvalue weighted by Crippen LogP contribution is 2.55. The van der Waals surface area contributed by atoms with Crippen molar-refractivity contribution in [2.75, 3.05) is 14.1 Å². The lowest BCUT2D eigenvalue weighted by molar-refractivity contribution is -0.128. The van der Waals surface area contributed by atoms with Gasteiger partial charge in [-0.3, -0.25) is 19.3 Å². The molecule has 3 aliphatic carbocycles. The zero-order valence-corrected chi connectivity index (χ0v) is 17.3. The molecule has 164 valence electrons. The number of aliphatic hydroxyl groups excluding tert-OH is 2. The number of nitrogens with two attached hydrogens (primary N) is 1. The van der Waals surface area contributed by atoms with Crippen LogP contribution in [0.15, 0.2) is 40.9 Å². The minimum atomic E-state index is -1.64. The Kier molecular flexibility index (Phi) is 4.53. The predicted molar refractivity (Wildman–Crippen MR) is 108 cm³/mol. The van der Waals surface area contributed by atoms with Gasteiger partial charge in [0.2, 0.25) is 0 Å². The fourth-order valence-electron chi connectivity index (χ4n) is 5.52. The van der Waals surface area contributed by atoms with Crippen molar-refractivity contribution in [3.63, 3.8) is 0 Å². The quantitative estimate of drug-likeness (QED) is 0.429. The van der Waals surface area contributed by atoms with Crippen molar-refractivity contribution < 1.29 is 34.8 Å². The van der Waals surface area contributed by atoms with Crippen molar-refractivity contribution >= 4 is 17.5 Å². The first kappa shape index (κ1) is 21.1. The molecule has 4 rings (SSSR count). The first-order valence-electron chi connectivity index (χ1n) is 9.87. The summed E-state index contributed by atoms with van der Waals surface area (Å²) >= 11 is 0. The molecule has 5 atom stereocenters. The number of Topliss-reactive ketones (excluding diaryl/α,β-unsaturated/α-hetero) is 2. The third kappa shape index (κ3) is 2.66. The van der Waals surface area contributed by atoms with Crippen molar-refractivity contribution in [1.82, 2.24) is 4.90 Å². The molecule has 0 radical (unpaired) electrons. The summed E-state index contributed by atoms with van der Waals surface area (Å²) in [6.07, 6.45) is 0.0720. The first-order valence-corrected chi connectivity index (χ1v) is 9.87. The molecule has 1 amide bonds. The van der Waals surface area contributed by atoms with Crippen LogP contribution in [0.2, 0.25) is 0 Å². The molecule has 1 aromatic rings. The molecule has 1 aromatic carbocycles. The van der Waals surface area contributed by atoms with Gasteiger partial charge in [0.05, 0.1) is 23.1 Å². The summed E-state index contributed by atoms with van der Waals surface area (Å²) in [6.45, 7) is 1.48. The molecule has 0 aliphatic heterocycles. The Morgan fingerprint density at radius 2 is 1.81 bits per heavy atom. The van der Waals surface area contributed by atoms with E-state index in [1.54, 1.807) is 19.0 Å². The van der Waals surface area contributed by atoms with E-state index < -0.39 is 64.0 Å². The van der Waals surface area contributed by atoms with Gasteiger partial charge in [-0.2, -0.15) is 0 Å². The van der Waals surface area contributed by atoms with Crippen LogP contribution in [0.3, 0.4) is 0 Å². The molecule has 0 aromatic heterocycles. The molecule has 0 spiro atoms. The van der Waals surface area contributed by atoms with Gasteiger partial charge in [-0.1, -0.05) is 12.1 Å². The van der Waals surface area contributed by atoms with Gasteiger partial charge in [0, 0.05) is 11.5 Å². The second-order valence-electron chi connectivity index (χ2n) is 8.80. The van der Waals surface area contributed by atoms with E-state index in [9.17, 15) is 34.8 Å². The van der Waals surface area contributed by atoms with E-state index in [1.165, 1.54) is 25.1 Å². The van der Waals surface area contributed by atoms with Gasteiger partial charge in [0.15, 0.2) is 11.6 Å². The maximum Gasteiger partial charge on any atom is 0.255 e. The molecule has 3 aliphatic rings. The molecular formula is C22H24N2O7. The number of aliphatic hydroxyl groups is 3. The number of allylic oxidation sites excluding steroid dienone is 1. The normalized spacial score (nSPS) is 32.7. The highest BCUT2D eigenvalue weighted by molar-refractivity contribution is 6.22. The van der Waals surface area contributed by atoms with Crippen LogP contribution in [0.1, 0.15) is 29.3 Å². The van der Waals surface area contributed by atoms with E-state index in [4.69, 9.17) is 5.73 Å². The highest BCUT2D eigenvalue weighted by Gasteiger charge is 2.58. The number of amides is 1. The number of hydrogen-bond acceptors (Lipinski definition) is 8. The Labute approximate surface area is 178 Å². The monoisotopic (exact) mass is 428 g/mol. The number of benzene rings is 1. The van der Waals surface area contributed by atoms with Crippen LogP contribution in [0.4, 0.5) is 0 Å². The summed E-state index contributed by atoms with van der Waals surface area (Å²) in [5.74, 6) is -6.99. The molecular weight excluding hydrogens is 404 g/mol. The topological polar surface area (TPSA) is 161 Å². The number of carbonyl (C=O) groups is 3. The minimum Gasteiger partial charge on any atom is -0.511 e. The summed E-state index contributed by atoms with van der Waals surface area (Å²) in [6, 6.07) is 3.50. The molecule has 6 N–H and O–H groups in total. The van der Waals surface area contributed by atoms with Crippen molar-refractivity contribution in [3.05, 3.63) is 52.0 Å². The second-order valence-corrected chi connectivity index (χ2v) is 8.80. The van der Waals surface area contributed by atoms with E-state index in [2.05, 4.69) is 0 Å². The van der Waals surface area contributed by atoms with E-state index in [1.807, 2.05) is 0 Å². The van der Waals surface area contributed by atoms with Crippen LogP contribution in [-0.2, 0) is 15.2 Å². The molecule has 0 saturated carbocycles. The summed E-state index contributed by atoms with van der Waals surface area (Å²) in [5, 5.41) is 43.5. The lowest BCUT2D eigenvalue weighted by atomic mass is 9.57. The molecule has 0 fully saturated rings. The van der Waals surface area contributed by atoms with Crippen LogP contribution < -0.4 is 5.73 Å². The Morgan fingerprint density at radius 1 is 1.16 bits per heavy atom. The van der Waals surface area contributed by atoms with Gasteiger partial charge in [0.25, 0.3) is 5.91 Å². The summed E-state index contributed by atoms with van der Waals surface area (Å²) in [7, 11) is 3.28. The Hall–Kier alpha value is -3.17. The molecule has 2 unspecified atom stereocenters. The molecule has 9 nitrogen and oxygen atoms in total. The number of fused-ring (bicyclic) bond motifs is 3. The molecule has 31 heavy (non-hydrogen) atoms. The standard InChI is InChI=1S/C22H24N2O7/c1-22(31)9-5-4-6-11(25)13(9)19(28)14-10(22)7-8-12(17(14)26)18(27)15(21(23)30)20(29)16(8)24(2)3/h4-6,8,10,12,16,25-26,29,31H,7H2,1-3H3,(H2,23,30)/t8-,10?,12?,16+,22-/m1/s1. The average molecular weight is 428 g/mol. The van der Waals surface area contributed by atoms with E-state index in [0.717, 1.165) is 0 Å². The fraction of sp³-hybridized carbons (Fsp3) is 0.409. The Bertz CT molecular complexity index is 1100. The lowest BCUT2D eigenvalue weighted by Gasteiger charge is -2.49. The first-order chi connectivity index (χ1) is 14.4. The number of ketones is 2. The zero-order chi connectivity index (χ0) is 23.0. The SMILES string of the molecule is CN(C)[C@@H]1C(O)=C(C(N)=O)C(=O)C2C(O)=C3C(=O)c4c(O)cccc4[C@@](C)(O)C3C[C@H]21. The number of hydrogen-bond donors (Lipinski definition) is 5. The van der Waals surface area contributed by atoms with E-state index >= 15 is 0 Å². The molecule has 0 bridgehead atoms. The lowest BCUT2D eigenvalue weighted by Crippen LogP contribution is -2.55. The van der Waals surface area contributed by atoms with Gasteiger partial charge in [-0.25, -0.2) is 0 Å². The highest BCUT2D eigenvalue weighted by atomic mass is 16.3. The second kappa shape index (κ2) is 6.66.